The number of ether oxygens (including phenoxy) is 1. The molecular weight excluding hydrogens is 316 g/mol. The quantitative estimate of drug-likeness (QED) is 0.717. The van der Waals surface area contributed by atoms with Crippen LogP contribution >= 0.6 is 0 Å². The molecule has 0 unspecified atom stereocenters. The smallest absolute Gasteiger partial charge is 0.254 e. The van der Waals surface area contributed by atoms with Crippen LogP contribution in [0.15, 0.2) is 47.0 Å². The second-order valence-electron chi connectivity index (χ2n) is 6.45. The minimum atomic E-state index is -0.112. The second kappa shape index (κ2) is 6.33. The summed E-state index contributed by atoms with van der Waals surface area (Å²) in [6, 6.07) is 11.5. The third-order valence-electron chi connectivity index (χ3n) is 4.53. The molecule has 0 spiro atoms. The normalized spacial score (nSPS) is 17.8. The fraction of sp³-hybridized carbons (Fsp3) is 0.300. The van der Waals surface area contributed by atoms with Crippen molar-refractivity contribution in [2.24, 2.45) is 0 Å². The summed E-state index contributed by atoms with van der Waals surface area (Å²) in [5.41, 5.74) is 3.50. The van der Waals surface area contributed by atoms with E-state index >= 15 is 0 Å². The van der Waals surface area contributed by atoms with Gasteiger partial charge in [0.25, 0.3) is 5.91 Å². The molecule has 1 saturated heterocycles. The van der Waals surface area contributed by atoms with Gasteiger partial charge in [-0.25, -0.2) is 0 Å². The first-order valence-corrected chi connectivity index (χ1v) is 8.44. The van der Waals surface area contributed by atoms with Gasteiger partial charge in [-0.05, 0) is 55.8 Å². The molecular formula is C20H20N2O3. The SMILES string of the molecule is Cc1cc([C@@H]2CN(C(=O)c3ccc4oc(C)cc4c3)CCO2)ccn1. The molecule has 1 atom stereocenters. The van der Waals surface area contributed by atoms with Gasteiger partial charge in [0.1, 0.15) is 17.4 Å². The summed E-state index contributed by atoms with van der Waals surface area (Å²) in [4.78, 5) is 19.0. The number of hydrogen-bond donors (Lipinski definition) is 0. The standard InChI is InChI=1S/C20H20N2O3/c1-13-9-15(5-6-21-13)19-12-22(7-8-24-19)20(23)16-3-4-18-17(11-16)10-14(2)25-18/h3-6,9-11,19H,7-8,12H2,1-2H3/t19-/m0/s1. The first-order chi connectivity index (χ1) is 12.1. The fourth-order valence-corrected chi connectivity index (χ4v) is 3.29. The molecule has 1 amide bonds. The summed E-state index contributed by atoms with van der Waals surface area (Å²) < 4.78 is 11.5. The van der Waals surface area contributed by atoms with Crippen molar-refractivity contribution in [1.82, 2.24) is 9.88 Å². The average Bonchev–Trinajstić information content (AvgIpc) is 3.00. The zero-order valence-corrected chi connectivity index (χ0v) is 14.4. The lowest BCUT2D eigenvalue weighted by Crippen LogP contribution is -2.42. The van der Waals surface area contributed by atoms with Crippen LogP contribution in [0.5, 0.6) is 0 Å². The number of hydrogen-bond acceptors (Lipinski definition) is 4. The van der Waals surface area contributed by atoms with Crippen LogP contribution in [-0.4, -0.2) is 35.5 Å². The summed E-state index contributed by atoms with van der Waals surface area (Å²) in [7, 11) is 0. The fourth-order valence-electron chi connectivity index (χ4n) is 3.29. The number of carbonyl (C=O) groups is 1. The van der Waals surface area contributed by atoms with Crippen molar-refractivity contribution in [3.05, 3.63) is 65.2 Å². The number of furan rings is 1. The topological polar surface area (TPSA) is 55.6 Å². The average molecular weight is 336 g/mol. The minimum Gasteiger partial charge on any atom is -0.461 e. The summed E-state index contributed by atoms with van der Waals surface area (Å²) in [5.74, 6) is 0.874. The van der Waals surface area contributed by atoms with Gasteiger partial charge < -0.3 is 14.1 Å². The number of nitrogens with zero attached hydrogens (tertiary/aromatic N) is 2. The number of fused-ring (bicyclic) bond motifs is 1. The van der Waals surface area contributed by atoms with Crippen LogP contribution in [0.25, 0.3) is 11.0 Å². The third-order valence-corrected chi connectivity index (χ3v) is 4.53. The van der Waals surface area contributed by atoms with Crippen molar-refractivity contribution in [2.75, 3.05) is 19.7 Å². The molecule has 0 bridgehead atoms. The van der Waals surface area contributed by atoms with Crippen molar-refractivity contribution in [2.45, 2.75) is 20.0 Å². The first-order valence-electron chi connectivity index (χ1n) is 8.44. The number of pyridine rings is 1. The number of carbonyl (C=O) groups excluding carboxylic acids is 1. The Balaban J connectivity index is 1.56. The highest BCUT2D eigenvalue weighted by molar-refractivity contribution is 5.98. The van der Waals surface area contributed by atoms with E-state index in [2.05, 4.69) is 4.98 Å². The van der Waals surface area contributed by atoms with Gasteiger partial charge in [-0.2, -0.15) is 0 Å². The van der Waals surface area contributed by atoms with E-state index in [0.29, 0.717) is 25.3 Å². The summed E-state index contributed by atoms with van der Waals surface area (Å²) >= 11 is 0. The summed E-state index contributed by atoms with van der Waals surface area (Å²) in [5, 5.41) is 0.956. The highest BCUT2D eigenvalue weighted by Gasteiger charge is 2.26. The number of amides is 1. The van der Waals surface area contributed by atoms with Gasteiger partial charge in [0.05, 0.1) is 13.2 Å². The van der Waals surface area contributed by atoms with Gasteiger partial charge in [-0.3, -0.25) is 9.78 Å². The third kappa shape index (κ3) is 3.15. The largest absolute Gasteiger partial charge is 0.461 e. The lowest BCUT2D eigenvalue weighted by atomic mass is 10.1. The zero-order chi connectivity index (χ0) is 17.4. The molecule has 1 fully saturated rings. The van der Waals surface area contributed by atoms with Gasteiger partial charge >= 0.3 is 0 Å². The highest BCUT2D eigenvalue weighted by atomic mass is 16.5. The molecule has 5 nitrogen and oxygen atoms in total. The second-order valence-corrected chi connectivity index (χ2v) is 6.45. The van der Waals surface area contributed by atoms with E-state index in [1.165, 1.54) is 0 Å². The van der Waals surface area contributed by atoms with E-state index in [-0.39, 0.29) is 12.0 Å². The molecule has 25 heavy (non-hydrogen) atoms. The number of aromatic nitrogens is 1. The molecule has 1 aromatic carbocycles. The maximum atomic E-state index is 12.9. The highest BCUT2D eigenvalue weighted by Crippen LogP contribution is 2.25. The van der Waals surface area contributed by atoms with Gasteiger partial charge in [0.15, 0.2) is 0 Å². The molecule has 0 N–H and O–H groups in total. The molecule has 1 aliphatic heterocycles. The van der Waals surface area contributed by atoms with Gasteiger partial charge in [-0.1, -0.05) is 0 Å². The molecule has 4 rings (SSSR count). The monoisotopic (exact) mass is 336 g/mol. The van der Waals surface area contributed by atoms with Crippen LogP contribution in [0.2, 0.25) is 0 Å². The van der Waals surface area contributed by atoms with E-state index in [9.17, 15) is 4.79 Å². The number of benzene rings is 1. The number of rotatable bonds is 2. The molecule has 128 valence electrons. The van der Waals surface area contributed by atoms with Crippen molar-refractivity contribution >= 4 is 16.9 Å². The Bertz CT molecular complexity index is 932. The van der Waals surface area contributed by atoms with Gasteiger partial charge in [0.2, 0.25) is 0 Å². The molecule has 2 aromatic heterocycles. The molecule has 5 heteroatoms. The minimum absolute atomic E-state index is 0.0276. The molecule has 1 aliphatic rings. The van der Waals surface area contributed by atoms with Crippen LogP contribution in [0.3, 0.4) is 0 Å². The van der Waals surface area contributed by atoms with Crippen LogP contribution < -0.4 is 0 Å². The van der Waals surface area contributed by atoms with Crippen molar-refractivity contribution in [3.8, 4) is 0 Å². The van der Waals surface area contributed by atoms with Crippen molar-refractivity contribution in [3.63, 3.8) is 0 Å². The Morgan fingerprint density at radius 1 is 1.20 bits per heavy atom. The van der Waals surface area contributed by atoms with Crippen molar-refractivity contribution < 1.29 is 13.9 Å². The zero-order valence-electron chi connectivity index (χ0n) is 14.4. The predicted molar refractivity (Wildman–Crippen MR) is 94.5 cm³/mol. The number of morpholine rings is 1. The predicted octanol–water partition coefficient (Wildman–Crippen LogP) is 3.66. The van der Waals surface area contributed by atoms with E-state index in [1.54, 1.807) is 6.20 Å². The van der Waals surface area contributed by atoms with E-state index in [4.69, 9.17) is 9.15 Å². The van der Waals surface area contributed by atoms with Crippen molar-refractivity contribution in [1.29, 1.82) is 0 Å². The maximum Gasteiger partial charge on any atom is 0.254 e. The molecule has 3 aromatic rings. The maximum absolute atomic E-state index is 12.9. The Labute approximate surface area is 146 Å². The molecule has 0 radical (unpaired) electrons. The molecule has 0 aliphatic carbocycles. The van der Waals surface area contributed by atoms with E-state index in [0.717, 1.165) is 28.0 Å². The molecule has 0 saturated carbocycles. The first kappa shape index (κ1) is 15.8. The number of aryl methyl sites for hydroxylation is 2. The summed E-state index contributed by atoms with van der Waals surface area (Å²) in [6.07, 6.45) is 1.67. The Hall–Kier alpha value is -2.66. The van der Waals surface area contributed by atoms with Gasteiger partial charge in [0, 0.05) is 29.4 Å². The van der Waals surface area contributed by atoms with Crippen LogP contribution in [0.1, 0.15) is 33.5 Å². The van der Waals surface area contributed by atoms with Crippen LogP contribution in [0.4, 0.5) is 0 Å². The lowest BCUT2D eigenvalue weighted by molar-refractivity contribution is -0.0228. The molecule has 3 heterocycles. The van der Waals surface area contributed by atoms with E-state index in [1.807, 2.05) is 55.1 Å². The Kier molecular flexibility index (Phi) is 4.01. The lowest BCUT2D eigenvalue weighted by Gasteiger charge is -2.33. The van der Waals surface area contributed by atoms with Gasteiger partial charge in [-0.15, -0.1) is 0 Å². The van der Waals surface area contributed by atoms with Crippen LogP contribution in [-0.2, 0) is 4.74 Å². The summed E-state index contributed by atoms with van der Waals surface area (Å²) in [6.45, 7) is 5.54. The van der Waals surface area contributed by atoms with Crippen LogP contribution in [0, 0.1) is 13.8 Å². The Morgan fingerprint density at radius 3 is 2.92 bits per heavy atom. The Morgan fingerprint density at radius 2 is 2.08 bits per heavy atom. The van der Waals surface area contributed by atoms with E-state index < -0.39 is 0 Å².